The molecule has 0 aliphatic rings. The standard InChI is InChI=1S/C34H40N6O2/c1-3-39(4-2)22-23-42-32(25-12-6-5-7-13-25)26-16-18-27(19-17-26)34(41)36-20-10-11-21-40-24-37-30-31(40)28-14-8-9-15-29(28)38-33(30)35/h5-9,12-19,24,32H,3-4,10-11,20-23H2,1-2H3,(H2,35,38)(H,36,41). The van der Waals surface area contributed by atoms with Crippen molar-refractivity contribution in [2.45, 2.75) is 39.3 Å². The van der Waals surface area contributed by atoms with Crippen LogP contribution < -0.4 is 11.1 Å². The molecule has 0 spiro atoms. The molecule has 2 aromatic heterocycles. The van der Waals surface area contributed by atoms with Gasteiger partial charge < -0.3 is 25.3 Å². The SMILES string of the molecule is CCN(CC)CCOC(c1ccccc1)c1ccc(C(=O)NCCCCn2cnc3c(N)nc4ccccc4c32)cc1. The number of imidazole rings is 1. The molecule has 5 rings (SSSR count). The number of amides is 1. The fourth-order valence-corrected chi connectivity index (χ4v) is 5.35. The van der Waals surface area contributed by atoms with Crippen LogP contribution >= 0.6 is 0 Å². The monoisotopic (exact) mass is 564 g/mol. The zero-order chi connectivity index (χ0) is 29.3. The molecule has 3 N–H and O–H groups in total. The number of aromatic nitrogens is 3. The molecule has 0 radical (unpaired) electrons. The Hall–Kier alpha value is -4.27. The smallest absolute Gasteiger partial charge is 0.251 e. The lowest BCUT2D eigenvalue weighted by atomic mass is 10.00. The molecule has 218 valence electrons. The van der Waals surface area contributed by atoms with E-state index in [1.165, 1.54) is 0 Å². The second-order valence-electron chi connectivity index (χ2n) is 10.4. The molecule has 0 saturated carbocycles. The van der Waals surface area contributed by atoms with Crippen LogP contribution in [0.4, 0.5) is 5.82 Å². The third-order valence-electron chi connectivity index (χ3n) is 7.76. The van der Waals surface area contributed by atoms with Crippen LogP contribution in [0.15, 0.2) is 85.2 Å². The molecular formula is C34H40N6O2. The summed E-state index contributed by atoms with van der Waals surface area (Å²) in [6.07, 6.45) is 3.38. The quantitative estimate of drug-likeness (QED) is 0.165. The van der Waals surface area contributed by atoms with Gasteiger partial charge in [0.05, 0.1) is 24.0 Å². The summed E-state index contributed by atoms with van der Waals surface area (Å²) in [5.41, 5.74) is 11.5. The number of nitrogens with one attached hydrogen (secondary N) is 1. The van der Waals surface area contributed by atoms with Crippen LogP contribution in [-0.2, 0) is 11.3 Å². The van der Waals surface area contributed by atoms with Crippen molar-refractivity contribution in [3.8, 4) is 0 Å². The lowest BCUT2D eigenvalue weighted by molar-refractivity contribution is 0.0618. The van der Waals surface area contributed by atoms with E-state index in [1.807, 2.05) is 73.1 Å². The molecule has 0 saturated heterocycles. The number of rotatable bonds is 14. The van der Waals surface area contributed by atoms with Gasteiger partial charge in [0.2, 0.25) is 0 Å². The van der Waals surface area contributed by atoms with Crippen molar-refractivity contribution in [2.24, 2.45) is 0 Å². The number of anilines is 1. The first-order valence-corrected chi connectivity index (χ1v) is 14.8. The summed E-state index contributed by atoms with van der Waals surface area (Å²) in [5.74, 6) is 0.375. The highest BCUT2D eigenvalue weighted by atomic mass is 16.5. The number of ether oxygens (including phenoxy) is 1. The van der Waals surface area contributed by atoms with Gasteiger partial charge in [0.25, 0.3) is 5.91 Å². The summed E-state index contributed by atoms with van der Waals surface area (Å²) in [6.45, 7) is 9.24. The molecule has 1 amide bonds. The molecule has 3 aromatic carbocycles. The molecule has 8 heteroatoms. The third kappa shape index (κ3) is 6.78. The normalized spacial score (nSPS) is 12.3. The lowest BCUT2D eigenvalue weighted by Crippen LogP contribution is -2.27. The predicted molar refractivity (Wildman–Crippen MR) is 169 cm³/mol. The Labute approximate surface area is 247 Å². The van der Waals surface area contributed by atoms with Gasteiger partial charge in [-0.1, -0.05) is 74.5 Å². The van der Waals surface area contributed by atoms with Crippen molar-refractivity contribution >= 4 is 33.7 Å². The van der Waals surface area contributed by atoms with Gasteiger partial charge in [-0.2, -0.15) is 0 Å². The zero-order valence-electron chi connectivity index (χ0n) is 24.5. The van der Waals surface area contributed by atoms with Gasteiger partial charge in [-0.15, -0.1) is 0 Å². The first kappa shape index (κ1) is 29.2. The lowest BCUT2D eigenvalue weighted by Gasteiger charge is -2.23. The number of hydrogen-bond donors (Lipinski definition) is 2. The van der Waals surface area contributed by atoms with Crippen LogP contribution in [-0.4, -0.2) is 58.1 Å². The van der Waals surface area contributed by atoms with Gasteiger partial charge in [0, 0.05) is 30.6 Å². The second kappa shape index (κ2) is 14.1. The van der Waals surface area contributed by atoms with Gasteiger partial charge in [-0.3, -0.25) is 4.79 Å². The van der Waals surface area contributed by atoms with Crippen molar-refractivity contribution in [1.82, 2.24) is 24.8 Å². The Kier molecular flexibility index (Phi) is 9.79. The van der Waals surface area contributed by atoms with Crippen molar-refractivity contribution in [1.29, 1.82) is 0 Å². The number of fused-ring (bicyclic) bond motifs is 3. The van der Waals surface area contributed by atoms with Crippen molar-refractivity contribution < 1.29 is 9.53 Å². The van der Waals surface area contributed by atoms with Crippen molar-refractivity contribution in [3.63, 3.8) is 0 Å². The number of pyridine rings is 1. The van der Waals surface area contributed by atoms with Crippen LogP contribution in [0.25, 0.3) is 21.9 Å². The first-order valence-electron chi connectivity index (χ1n) is 14.8. The molecule has 1 atom stereocenters. The molecule has 2 heterocycles. The molecule has 0 aliphatic carbocycles. The topological polar surface area (TPSA) is 98.3 Å². The minimum atomic E-state index is -0.179. The summed E-state index contributed by atoms with van der Waals surface area (Å²) in [5, 5.41) is 4.11. The summed E-state index contributed by atoms with van der Waals surface area (Å²) < 4.78 is 8.50. The maximum atomic E-state index is 12.9. The minimum absolute atomic E-state index is 0.0711. The van der Waals surface area contributed by atoms with E-state index in [4.69, 9.17) is 10.5 Å². The first-order chi connectivity index (χ1) is 20.6. The van der Waals surface area contributed by atoms with E-state index in [9.17, 15) is 4.79 Å². The van der Waals surface area contributed by atoms with E-state index in [1.54, 1.807) is 0 Å². The van der Waals surface area contributed by atoms with Crippen LogP contribution in [0.3, 0.4) is 0 Å². The van der Waals surface area contributed by atoms with Gasteiger partial charge in [-0.05, 0) is 55.3 Å². The van der Waals surface area contributed by atoms with E-state index >= 15 is 0 Å². The van der Waals surface area contributed by atoms with Crippen molar-refractivity contribution in [3.05, 3.63) is 102 Å². The molecule has 0 fully saturated rings. The van der Waals surface area contributed by atoms with Crippen LogP contribution in [0.5, 0.6) is 0 Å². The highest BCUT2D eigenvalue weighted by Crippen LogP contribution is 2.28. The van der Waals surface area contributed by atoms with Gasteiger partial charge in [0.15, 0.2) is 5.82 Å². The second-order valence-corrected chi connectivity index (χ2v) is 10.4. The van der Waals surface area contributed by atoms with Crippen LogP contribution in [0.1, 0.15) is 54.3 Å². The van der Waals surface area contributed by atoms with Gasteiger partial charge in [-0.25, -0.2) is 9.97 Å². The number of para-hydroxylation sites is 1. The highest BCUT2D eigenvalue weighted by Gasteiger charge is 2.16. The number of hydrogen-bond acceptors (Lipinski definition) is 6. The molecule has 0 bridgehead atoms. The number of carbonyl (C=O) groups is 1. The molecule has 42 heavy (non-hydrogen) atoms. The number of carbonyl (C=O) groups excluding carboxylic acids is 1. The average molecular weight is 565 g/mol. The molecule has 5 aromatic rings. The summed E-state index contributed by atoms with van der Waals surface area (Å²) >= 11 is 0. The Balaban J connectivity index is 1.15. The predicted octanol–water partition coefficient (Wildman–Crippen LogP) is 5.82. The van der Waals surface area contributed by atoms with Gasteiger partial charge >= 0.3 is 0 Å². The number of unbranched alkanes of at least 4 members (excludes halogenated alkanes) is 1. The largest absolute Gasteiger partial charge is 0.382 e. The van der Waals surface area contributed by atoms with E-state index < -0.39 is 0 Å². The molecular weight excluding hydrogens is 524 g/mol. The van der Waals surface area contributed by atoms with E-state index in [2.05, 4.69) is 50.7 Å². The molecule has 1 unspecified atom stereocenters. The Morgan fingerprint density at radius 3 is 2.43 bits per heavy atom. The number of likely N-dealkylation sites (N-methyl/N-ethyl adjacent to an activating group) is 1. The Bertz CT molecular complexity index is 1600. The Morgan fingerprint density at radius 2 is 1.67 bits per heavy atom. The average Bonchev–Trinajstić information content (AvgIpc) is 3.46. The van der Waals surface area contributed by atoms with Crippen LogP contribution in [0.2, 0.25) is 0 Å². The zero-order valence-corrected chi connectivity index (χ0v) is 24.5. The van der Waals surface area contributed by atoms with Gasteiger partial charge in [0.1, 0.15) is 11.6 Å². The fraction of sp³-hybridized carbons (Fsp3) is 0.324. The number of nitrogens with two attached hydrogens (primary N) is 1. The summed E-state index contributed by atoms with van der Waals surface area (Å²) in [7, 11) is 0. The minimum Gasteiger partial charge on any atom is -0.382 e. The number of nitrogen functional groups attached to an aromatic ring is 1. The Morgan fingerprint density at radius 1 is 0.952 bits per heavy atom. The third-order valence-corrected chi connectivity index (χ3v) is 7.76. The van der Waals surface area contributed by atoms with E-state index in [0.717, 1.165) is 72.1 Å². The summed E-state index contributed by atoms with van der Waals surface area (Å²) in [4.78, 5) is 24.2. The molecule has 8 nitrogen and oxygen atoms in total. The maximum Gasteiger partial charge on any atom is 0.251 e. The van der Waals surface area contributed by atoms with E-state index in [0.29, 0.717) is 24.5 Å². The maximum absolute atomic E-state index is 12.9. The fourth-order valence-electron chi connectivity index (χ4n) is 5.35. The number of aryl methyl sites for hydroxylation is 1. The molecule has 0 aliphatic heterocycles. The number of benzene rings is 3. The van der Waals surface area contributed by atoms with Crippen molar-refractivity contribution in [2.75, 3.05) is 38.5 Å². The van der Waals surface area contributed by atoms with E-state index in [-0.39, 0.29) is 12.0 Å². The number of nitrogens with zero attached hydrogens (tertiary/aromatic N) is 4. The highest BCUT2D eigenvalue weighted by molar-refractivity contribution is 6.06. The summed E-state index contributed by atoms with van der Waals surface area (Å²) in [6, 6.07) is 26.0. The van der Waals surface area contributed by atoms with Crippen LogP contribution in [0, 0.1) is 0 Å².